The van der Waals surface area contributed by atoms with Gasteiger partial charge in [0.1, 0.15) is 16.4 Å². The molecule has 1 aliphatic rings. The number of thiazole rings is 1. The third-order valence-corrected chi connectivity index (χ3v) is 8.09. The Morgan fingerprint density at radius 2 is 1.94 bits per heavy atom. The van der Waals surface area contributed by atoms with Gasteiger partial charge in [-0.25, -0.2) is 13.4 Å². The van der Waals surface area contributed by atoms with E-state index in [9.17, 15) is 18.3 Å². The second kappa shape index (κ2) is 9.40. The van der Waals surface area contributed by atoms with Gasteiger partial charge in [-0.3, -0.25) is 9.52 Å². The number of aromatic hydroxyl groups is 1. The first-order valence-electron chi connectivity index (χ1n) is 10.6. The van der Waals surface area contributed by atoms with Crippen molar-refractivity contribution >= 4 is 38.1 Å². The minimum atomic E-state index is -4.01. The van der Waals surface area contributed by atoms with Gasteiger partial charge < -0.3 is 15.2 Å². The summed E-state index contributed by atoms with van der Waals surface area (Å²) in [4.78, 5) is 17.7. The third kappa shape index (κ3) is 5.12. The molecule has 1 aliphatic carbocycles. The van der Waals surface area contributed by atoms with E-state index in [1.54, 1.807) is 24.3 Å². The summed E-state index contributed by atoms with van der Waals surface area (Å²) in [6.45, 7) is 1.82. The summed E-state index contributed by atoms with van der Waals surface area (Å²) in [5.41, 5.74) is 1.56. The number of nitrogens with one attached hydrogen (secondary N) is 2. The molecule has 0 bridgehead atoms. The van der Waals surface area contributed by atoms with E-state index in [2.05, 4.69) is 15.0 Å². The average Bonchev–Trinajstić information content (AvgIpc) is 3.43. The van der Waals surface area contributed by atoms with Crippen LogP contribution in [-0.2, 0) is 14.8 Å². The molecular formula is C23H25N3O5S2. The molecule has 0 spiro atoms. The summed E-state index contributed by atoms with van der Waals surface area (Å²) < 4.78 is 34.0. The topological polar surface area (TPSA) is 118 Å². The standard InChI is InChI=1S/C23H25N3O5S2/c1-14-21(32-23(24-14)25-22(28)15-6-3-4-7-15)16-10-11-19(31-2)20(12-16)33(29,30)26-17-8-5-9-18(27)13-17/h5,8-13,15,26-27H,3-4,6-7H2,1-2H3,(H,24,25,28). The van der Waals surface area contributed by atoms with Gasteiger partial charge in [-0.1, -0.05) is 30.2 Å². The average molecular weight is 488 g/mol. The van der Waals surface area contributed by atoms with Crippen LogP contribution in [0.25, 0.3) is 10.4 Å². The summed E-state index contributed by atoms with van der Waals surface area (Å²) in [6, 6.07) is 10.7. The quantitative estimate of drug-likeness (QED) is 0.442. The van der Waals surface area contributed by atoms with Crippen LogP contribution >= 0.6 is 11.3 Å². The van der Waals surface area contributed by atoms with Gasteiger partial charge in [-0.05, 0) is 55.7 Å². The Hall–Kier alpha value is -3.11. The number of amides is 1. The van der Waals surface area contributed by atoms with E-state index in [-0.39, 0.29) is 33.9 Å². The molecule has 0 unspecified atom stereocenters. The molecule has 1 heterocycles. The Balaban J connectivity index is 1.64. The fourth-order valence-corrected chi connectivity index (χ4v) is 6.13. The number of carbonyl (C=O) groups is 1. The lowest BCUT2D eigenvalue weighted by Crippen LogP contribution is -2.20. The number of ether oxygens (including phenoxy) is 1. The van der Waals surface area contributed by atoms with Crippen molar-refractivity contribution in [1.82, 2.24) is 4.98 Å². The normalized spacial score (nSPS) is 14.2. The van der Waals surface area contributed by atoms with Gasteiger partial charge in [0.05, 0.1) is 23.4 Å². The summed E-state index contributed by atoms with van der Waals surface area (Å²) in [7, 11) is -2.61. The maximum atomic E-state index is 13.1. The van der Waals surface area contributed by atoms with Crippen LogP contribution in [0, 0.1) is 12.8 Å². The van der Waals surface area contributed by atoms with E-state index in [0.29, 0.717) is 16.4 Å². The number of aryl methyl sites for hydroxylation is 1. The number of anilines is 2. The molecular weight excluding hydrogens is 462 g/mol. The first-order valence-corrected chi connectivity index (χ1v) is 12.9. The number of nitrogens with zero attached hydrogens (tertiary/aromatic N) is 1. The van der Waals surface area contributed by atoms with E-state index < -0.39 is 10.0 Å². The number of aromatic nitrogens is 1. The molecule has 33 heavy (non-hydrogen) atoms. The minimum absolute atomic E-state index is 0.0129. The number of phenols is 1. The fraction of sp³-hybridized carbons (Fsp3) is 0.304. The molecule has 0 radical (unpaired) electrons. The Bertz CT molecular complexity index is 1280. The van der Waals surface area contributed by atoms with Gasteiger partial charge in [0.2, 0.25) is 5.91 Å². The van der Waals surface area contributed by atoms with Crippen molar-refractivity contribution in [2.45, 2.75) is 37.5 Å². The molecule has 3 aromatic rings. The highest BCUT2D eigenvalue weighted by atomic mass is 32.2. The van der Waals surface area contributed by atoms with Crippen molar-refractivity contribution in [1.29, 1.82) is 0 Å². The molecule has 4 rings (SSSR count). The number of methoxy groups -OCH3 is 1. The van der Waals surface area contributed by atoms with Crippen LogP contribution in [-0.4, -0.2) is 31.5 Å². The highest BCUT2D eigenvalue weighted by Crippen LogP contribution is 2.37. The van der Waals surface area contributed by atoms with Crippen LogP contribution in [0.2, 0.25) is 0 Å². The zero-order valence-corrected chi connectivity index (χ0v) is 19.9. The second-order valence-electron chi connectivity index (χ2n) is 7.93. The molecule has 3 N–H and O–H groups in total. The first kappa shape index (κ1) is 23.1. The van der Waals surface area contributed by atoms with Crippen LogP contribution in [0.1, 0.15) is 31.4 Å². The summed E-state index contributed by atoms with van der Waals surface area (Å²) in [6.07, 6.45) is 3.93. The SMILES string of the molecule is COc1ccc(-c2sc(NC(=O)C3CCCC3)nc2C)cc1S(=O)(=O)Nc1cccc(O)c1. The van der Waals surface area contributed by atoms with E-state index in [0.717, 1.165) is 30.6 Å². The Kier molecular flexibility index (Phi) is 6.57. The van der Waals surface area contributed by atoms with Crippen molar-refractivity contribution in [3.8, 4) is 21.9 Å². The van der Waals surface area contributed by atoms with Gasteiger partial charge in [0.25, 0.3) is 10.0 Å². The van der Waals surface area contributed by atoms with E-state index >= 15 is 0 Å². The van der Waals surface area contributed by atoms with Gasteiger partial charge in [-0.15, -0.1) is 0 Å². The van der Waals surface area contributed by atoms with Crippen LogP contribution in [0.15, 0.2) is 47.4 Å². The van der Waals surface area contributed by atoms with Crippen molar-refractivity contribution in [2.24, 2.45) is 5.92 Å². The van der Waals surface area contributed by atoms with Gasteiger partial charge >= 0.3 is 0 Å². The van der Waals surface area contributed by atoms with Crippen molar-refractivity contribution in [3.05, 3.63) is 48.2 Å². The molecule has 10 heteroatoms. The number of phenolic OH excluding ortho intramolecular Hbond substituents is 1. The number of sulfonamides is 1. The van der Waals surface area contributed by atoms with E-state index in [1.165, 1.54) is 36.6 Å². The maximum Gasteiger partial charge on any atom is 0.265 e. The highest BCUT2D eigenvalue weighted by Gasteiger charge is 2.25. The van der Waals surface area contributed by atoms with Crippen LogP contribution < -0.4 is 14.8 Å². The summed E-state index contributed by atoms with van der Waals surface area (Å²) in [5.74, 6) is 0.145. The second-order valence-corrected chi connectivity index (χ2v) is 10.6. The number of rotatable bonds is 7. The molecule has 8 nitrogen and oxygen atoms in total. The zero-order chi connectivity index (χ0) is 23.6. The Morgan fingerprint density at radius 1 is 1.18 bits per heavy atom. The van der Waals surface area contributed by atoms with Crippen molar-refractivity contribution in [2.75, 3.05) is 17.1 Å². The molecule has 0 aliphatic heterocycles. The largest absolute Gasteiger partial charge is 0.508 e. The molecule has 0 saturated heterocycles. The molecule has 0 atom stereocenters. The predicted octanol–water partition coefficient (Wildman–Crippen LogP) is 4.76. The Labute approximate surface area is 196 Å². The smallest absolute Gasteiger partial charge is 0.265 e. The van der Waals surface area contributed by atoms with Crippen LogP contribution in [0.5, 0.6) is 11.5 Å². The third-order valence-electron chi connectivity index (χ3n) is 5.57. The lowest BCUT2D eigenvalue weighted by Gasteiger charge is -2.13. The highest BCUT2D eigenvalue weighted by molar-refractivity contribution is 7.92. The Morgan fingerprint density at radius 3 is 2.64 bits per heavy atom. The fourth-order valence-electron chi connectivity index (χ4n) is 3.92. The molecule has 174 valence electrons. The zero-order valence-electron chi connectivity index (χ0n) is 18.3. The van der Waals surface area contributed by atoms with Gasteiger partial charge in [-0.2, -0.15) is 0 Å². The molecule has 1 saturated carbocycles. The number of carbonyl (C=O) groups excluding carboxylic acids is 1. The van der Waals surface area contributed by atoms with E-state index in [1.807, 2.05) is 6.92 Å². The van der Waals surface area contributed by atoms with Crippen molar-refractivity contribution in [3.63, 3.8) is 0 Å². The first-order chi connectivity index (χ1) is 15.8. The summed E-state index contributed by atoms with van der Waals surface area (Å²) in [5, 5.41) is 13.1. The number of hydrogen-bond acceptors (Lipinski definition) is 7. The molecule has 1 amide bonds. The predicted molar refractivity (Wildman–Crippen MR) is 128 cm³/mol. The van der Waals surface area contributed by atoms with Gasteiger partial charge in [0.15, 0.2) is 5.13 Å². The van der Waals surface area contributed by atoms with Crippen molar-refractivity contribution < 1.29 is 23.1 Å². The van der Waals surface area contributed by atoms with E-state index in [4.69, 9.17) is 4.74 Å². The monoisotopic (exact) mass is 487 g/mol. The minimum Gasteiger partial charge on any atom is -0.508 e. The van der Waals surface area contributed by atoms with Gasteiger partial charge in [0, 0.05) is 12.0 Å². The maximum absolute atomic E-state index is 13.1. The molecule has 2 aromatic carbocycles. The molecule has 1 fully saturated rings. The lowest BCUT2D eigenvalue weighted by atomic mass is 10.1. The van der Waals surface area contributed by atoms with Crippen LogP contribution in [0.3, 0.4) is 0 Å². The number of hydrogen-bond donors (Lipinski definition) is 3. The number of benzene rings is 2. The molecule has 1 aromatic heterocycles. The summed E-state index contributed by atoms with van der Waals surface area (Å²) >= 11 is 1.31. The van der Waals surface area contributed by atoms with Crippen LogP contribution in [0.4, 0.5) is 10.8 Å². The lowest BCUT2D eigenvalue weighted by molar-refractivity contribution is -0.119.